The van der Waals surface area contributed by atoms with Gasteiger partial charge < -0.3 is 4.42 Å². The summed E-state index contributed by atoms with van der Waals surface area (Å²) in [5.41, 5.74) is 1.77. The molecular formula is C16H14FNO4S. The Morgan fingerprint density at radius 2 is 1.83 bits per heavy atom. The zero-order valence-electron chi connectivity index (χ0n) is 12.5. The first-order valence-corrected chi connectivity index (χ1v) is 8.50. The Bertz CT molecular complexity index is 1050. The van der Waals surface area contributed by atoms with Crippen molar-refractivity contribution in [1.82, 2.24) is 4.57 Å². The molecule has 1 heterocycles. The van der Waals surface area contributed by atoms with Crippen LogP contribution in [-0.4, -0.2) is 13.0 Å². The summed E-state index contributed by atoms with van der Waals surface area (Å²) >= 11 is 0. The van der Waals surface area contributed by atoms with E-state index in [1.165, 1.54) is 34.9 Å². The second-order valence-corrected chi connectivity index (χ2v) is 7.36. The molecule has 0 unspecified atom stereocenters. The summed E-state index contributed by atoms with van der Waals surface area (Å²) < 4.78 is 44.5. The van der Waals surface area contributed by atoms with Gasteiger partial charge in [0.15, 0.2) is 15.4 Å². The van der Waals surface area contributed by atoms with Gasteiger partial charge >= 0.3 is 5.76 Å². The first-order chi connectivity index (χ1) is 10.8. The van der Waals surface area contributed by atoms with Gasteiger partial charge in [-0.15, -0.1) is 0 Å². The van der Waals surface area contributed by atoms with Crippen molar-refractivity contribution < 1.29 is 17.2 Å². The molecule has 5 nitrogen and oxygen atoms in total. The lowest BCUT2D eigenvalue weighted by Crippen LogP contribution is -2.09. The molecule has 0 saturated heterocycles. The van der Waals surface area contributed by atoms with Crippen LogP contribution in [0.3, 0.4) is 0 Å². The number of benzene rings is 2. The normalized spacial score (nSPS) is 12.0. The molecule has 0 atom stereocenters. The molecule has 0 radical (unpaired) electrons. The molecule has 0 aliphatic rings. The Morgan fingerprint density at radius 3 is 2.48 bits per heavy atom. The number of rotatable bonds is 3. The molecule has 0 saturated carbocycles. The highest BCUT2D eigenvalue weighted by molar-refractivity contribution is 7.90. The molecule has 0 N–H and O–H groups in total. The van der Waals surface area contributed by atoms with Crippen molar-refractivity contribution in [3.63, 3.8) is 0 Å². The summed E-state index contributed by atoms with van der Waals surface area (Å²) in [4.78, 5) is 11.6. The Balaban J connectivity index is 2.09. The fourth-order valence-corrected chi connectivity index (χ4v) is 4.09. The van der Waals surface area contributed by atoms with Crippen LogP contribution in [0.2, 0.25) is 0 Å². The molecule has 3 rings (SSSR count). The molecule has 0 amide bonds. The molecule has 120 valence electrons. The van der Waals surface area contributed by atoms with Gasteiger partial charge in [0.2, 0.25) is 0 Å². The zero-order valence-corrected chi connectivity index (χ0v) is 13.4. The van der Waals surface area contributed by atoms with Crippen molar-refractivity contribution in [2.24, 2.45) is 7.05 Å². The first-order valence-electron chi connectivity index (χ1n) is 6.85. The smallest absolute Gasteiger partial charge is 0.408 e. The lowest BCUT2D eigenvalue weighted by atomic mass is 10.2. The standard InChI is InChI=1S/C16H14FNO4S/c1-10-7-13-14(22-16(19)18(13)2)8-15(10)23(20,21)9-11-3-5-12(17)6-4-11/h3-8H,9H2,1-2H3. The average Bonchev–Trinajstić information content (AvgIpc) is 2.76. The summed E-state index contributed by atoms with van der Waals surface area (Å²) in [7, 11) is -2.09. The average molecular weight is 335 g/mol. The SMILES string of the molecule is Cc1cc2c(cc1S(=O)(=O)Cc1ccc(F)cc1)oc(=O)n2C. The predicted octanol–water partition coefficient (Wildman–Crippen LogP) is 2.55. The van der Waals surface area contributed by atoms with Crippen LogP contribution in [0.15, 0.2) is 50.5 Å². The molecule has 0 fully saturated rings. The molecule has 1 aromatic heterocycles. The van der Waals surface area contributed by atoms with Gasteiger partial charge in [-0.25, -0.2) is 17.6 Å². The van der Waals surface area contributed by atoms with E-state index in [4.69, 9.17) is 4.42 Å². The van der Waals surface area contributed by atoms with E-state index in [0.717, 1.165) is 0 Å². The van der Waals surface area contributed by atoms with E-state index in [-0.39, 0.29) is 16.2 Å². The van der Waals surface area contributed by atoms with Crippen molar-refractivity contribution in [1.29, 1.82) is 0 Å². The number of halogens is 1. The second-order valence-electron chi connectivity index (χ2n) is 5.40. The molecule has 0 aliphatic heterocycles. The summed E-state index contributed by atoms with van der Waals surface area (Å²) in [5, 5.41) is 0. The second kappa shape index (κ2) is 5.34. The van der Waals surface area contributed by atoms with Crippen LogP contribution >= 0.6 is 0 Å². The summed E-state index contributed by atoms with van der Waals surface area (Å²) in [6.45, 7) is 1.66. The number of aromatic nitrogens is 1. The minimum atomic E-state index is -3.65. The molecule has 0 aliphatic carbocycles. The Hall–Kier alpha value is -2.41. The minimum Gasteiger partial charge on any atom is -0.408 e. The van der Waals surface area contributed by atoms with Crippen molar-refractivity contribution in [2.75, 3.05) is 0 Å². The van der Waals surface area contributed by atoms with Gasteiger partial charge in [-0.05, 0) is 36.2 Å². The zero-order chi connectivity index (χ0) is 16.8. The maximum Gasteiger partial charge on any atom is 0.419 e. The Labute approximate surface area is 131 Å². The highest BCUT2D eigenvalue weighted by Crippen LogP contribution is 2.25. The highest BCUT2D eigenvalue weighted by Gasteiger charge is 2.20. The van der Waals surface area contributed by atoms with Crippen molar-refractivity contribution in [2.45, 2.75) is 17.6 Å². The fraction of sp³-hybridized carbons (Fsp3) is 0.188. The van der Waals surface area contributed by atoms with E-state index in [1.54, 1.807) is 20.0 Å². The Morgan fingerprint density at radius 1 is 1.17 bits per heavy atom. The monoisotopic (exact) mass is 335 g/mol. The predicted molar refractivity (Wildman–Crippen MR) is 83.5 cm³/mol. The molecule has 7 heteroatoms. The van der Waals surface area contributed by atoms with E-state index in [0.29, 0.717) is 16.6 Å². The minimum absolute atomic E-state index is 0.101. The van der Waals surface area contributed by atoms with Crippen molar-refractivity contribution >= 4 is 20.9 Å². The quantitative estimate of drug-likeness (QED) is 0.737. The number of oxazole rings is 1. The van der Waals surface area contributed by atoms with E-state index < -0.39 is 21.4 Å². The van der Waals surface area contributed by atoms with Crippen LogP contribution < -0.4 is 5.76 Å². The van der Waals surface area contributed by atoms with E-state index in [9.17, 15) is 17.6 Å². The molecule has 0 spiro atoms. The molecule has 23 heavy (non-hydrogen) atoms. The first kappa shape index (κ1) is 15.5. The number of nitrogens with zero attached hydrogens (tertiary/aromatic N) is 1. The fourth-order valence-electron chi connectivity index (χ4n) is 2.47. The molecular weight excluding hydrogens is 321 g/mol. The highest BCUT2D eigenvalue weighted by atomic mass is 32.2. The third kappa shape index (κ3) is 2.79. The molecule has 2 aromatic carbocycles. The van der Waals surface area contributed by atoms with Gasteiger partial charge in [0.25, 0.3) is 0 Å². The lowest BCUT2D eigenvalue weighted by Gasteiger charge is -2.08. The van der Waals surface area contributed by atoms with Gasteiger partial charge in [0, 0.05) is 13.1 Å². The number of sulfone groups is 1. The number of hydrogen-bond donors (Lipinski definition) is 0. The van der Waals surface area contributed by atoms with Gasteiger partial charge in [-0.2, -0.15) is 0 Å². The van der Waals surface area contributed by atoms with Gasteiger partial charge in [-0.3, -0.25) is 4.57 Å². The van der Waals surface area contributed by atoms with Gasteiger partial charge in [0.1, 0.15) is 5.82 Å². The van der Waals surface area contributed by atoms with Crippen LogP contribution in [0, 0.1) is 12.7 Å². The van der Waals surface area contributed by atoms with E-state index >= 15 is 0 Å². The summed E-state index contributed by atoms with van der Waals surface area (Å²) in [6, 6.07) is 8.28. The van der Waals surface area contributed by atoms with Crippen LogP contribution in [0.1, 0.15) is 11.1 Å². The third-order valence-corrected chi connectivity index (χ3v) is 5.52. The van der Waals surface area contributed by atoms with Gasteiger partial charge in [-0.1, -0.05) is 12.1 Å². The number of hydrogen-bond acceptors (Lipinski definition) is 4. The summed E-state index contributed by atoms with van der Waals surface area (Å²) in [6.07, 6.45) is 0. The van der Waals surface area contributed by atoms with Crippen molar-refractivity contribution in [3.05, 3.63) is 63.9 Å². The number of fused-ring (bicyclic) bond motifs is 1. The topological polar surface area (TPSA) is 69.3 Å². The van der Waals surface area contributed by atoms with Gasteiger partial charge in [0.05, 0.1) is 16.2 Å². The number of aryl methyl sites for hydroxylation is 2. The molecule has 0 bridgehead atoms. The van der Waals surface area contributed by atoms with E-state index in [2.05, 4.69) is 0 Å². The lowest BCUT2D eigenvalue weighted by molar-refractivity contribution is 0.527. The Kier molecular flexibility index (Phi) is 3.60. The molecule has 3 aromatic rings. The van der Waals surface area contributed by atoms with Crippen LogP contribution in [0.25, 0.3) is 11.1 Å². The largest absolute Gasteiger partial charge is 0.419 e. The van der Waals surface area contributed by atoms with Crippen LogP contribution in [-0.2, 0) is 22.6 Å². The van der Waals surface area contributed by atoms with Crippen molar-refractivity contribution in [3.8, 4) is 0 Å². The summed E-state index contributed by atoms with van der Waals surface area (Å²) in [5.74, 6) is -1.22. The third-order valence-electron chi connectivity index (χ3n) is 3.69. The van der Waals surface area contributed by atoms with E-state index in [1.807, 2.05) is 0 Å². The maximum atomic E-state index is 12.9. The van der Waals surface area contributed by atoms with Crippen LogP contribution in [0.4, 0.5) is 4.39 Å². The maximum absolute atomic E-state index is 12.9. The van der Waals surface area contributed by atoms with Crippen LogP contribution in [0.5, 0.6) is 0 Å².